The zero-order valence-corrected chi connectivity index (χ0v) is 45.2. The van der Waals surface area contributed by atoms with Crippen molar-refractivity contribution in [1.29, 1.82) is 0 Å². The maximum atomic E-state index is 12.0. The zero-order valence-electron chi connectivity index (χ0n) is 41.4. The van der Waals surface area contributed by atoms with Crippen LogP contribution in [0.1, 0.15) is 230 Å². The van der Waals surface area contributed by atoms with Crippen LogP contribution in [-0.4, -0.2) is 63.7 Å². The van der Waals surface area contributed by atoms with Crippen molar-refractivity contribution >= 4 is 79.5 Å². The van der Waals surface area contributed by atoms with Gasteiger partial charge in [0.2, 0.25) is 0 Å². The van der Waals surface area contributed by atoms with Gasteiger partial charge >= 0.3 is 37.7 Å². The Morgan fingerprint density at radius 1 is 0.323 bits per heavy atom. The Balaban J connectivity index is 0.000000440. The van der Waals surface area contributed by atoms with E-state index in [1.807, 2.05) is 12.1 Å². The normalized spacial score (nSPS) is 11.8. The minimum Gasteiger partial charge on any atom is -0.744 e. The van der Waals surface area contributed by atoms with Crippen LogP contribution in [-0.2, 0) is 45.9 Å². The molecule has 0 atom stereocenters. The van der Waals surface area contributed by atoms with E-state index in [0.717, 1.165) is 72.9 Å². The summed E-state index contributed by atoms with van der Waals surface area (Å²) in [6.07, 6.45) is 37.6. The van der Waals surface area contributed by atoms with Crippen LogP contribution in [0, 0.1) is 0 Å². The Morgan fingerprint density at radius 2 is 0.585 bits per heavy atom. The molecule has 6 nitrogen and oxygen atoms in total. The van der Waals surface area contributed by atoms with Crippen LogP contribution in [0.25, 0.3) is 21.5 Å². The first-order valence-electron chi connectivity index (χ1n) is 25.9. The quantitative estimate of drug-likeness (QED) is 0.0262. The topological polar surface area (TPSA) is 114 Å². The van der Waals surface area contributed by atoms with Gasteiger partial charge in [-0.15, -0.1) is 0 Å². The molecule has 0 aliphatic heterocycles. The van der Waals surface area contributed by atoms with Gasteiger partial charge in [0.25, 0.3) is 0 Å². The fraction of sp³-hybridized carbons (Fsp3) is 0.643. The van der Waals surface area contributed by atoms with Crippen LogP contribution in [0.3, 0.4) is 0 Å². The average molecular weight is 960 g/mol. The average Bonchev–Trinajstić information content (AvgIpc) is 3.26. The van der Waals surface area contributed by atoms with Crippen molar-refractivity contribution in [3.8, 4) is 0 Å². The number of benzene rings is 4. The van der Waals surface area contributed by atoms with Crippen molar-refractivity contribution in [2.45, 2.75) is 243 Å². The molecule has 0 heterocycles. The van der Waals surface area contributed by atoms with E-state index in [-0.39, 0.29) is 47.5 Å². The smallest absolute Gasteiger partial charge is 0.744 e. The second kappa shape index (κ2) is 34.7. The van der Waals surface area contributed by atoms with Crippen molar-refractivity contribution in [1.82, 2.24) is 0 Å². The monoisotopic (exact) mass is 959 g/mol. The molecule has 0 radical (unpaired) electrons. The maximum absolute atomic E-state index is 12.0. The van der Waals surface area contributed by atoms with E-state index in [2.05, 4.69) is 64.1 Å². The summed E-state index contributed by atoms with van der Waals surface area (Å²) in [5.41, 5.74) is 3.81. The van der Waals surface area contributed by atoms with Crippen molar-refractivity contribution in [3.63, 3.8) is 0 Å². The zero-order chi connectivity index (χ0) is 46.5. The molecular weight excluding hydrogens is 873 g/mol. The summed E-state index contributed by atoms with van der Waals surface area (Å²) in [5, 5.41) is 3.78. The molecule has 360 valence electrons. The van der Waals surface area contributed by atoms with Crippen LogP contribution < -0.4 is 0 Å². The standard InChI is InChI=1S/2C28H44O3S.Ca/c2*1-3-5-7-9-11-13-15-17-24-19-20-25-22-26(18-16-14-12-10-8-6-4-2)28(32(29,30)31)23-27(25)21-24;/h2*19-23H,3-18H2,1-2H3,(H,29,30,31);/q;;+2/p-2. The fourth-order valence-corrected chi connectivity index (χ4v) is 10.5. The molecule has 0 fully saturated rings. The van der Waals surface area contributed by atoms with E-state index in [1.54, 1.807) is 12.1 Å². The van der Waals surface area contributed by atoms with Crippen LogP contribution >= 0.6 is 0 Å². The van der Waals surface area contributed by atoms with Gasteiger partial charge in [-0.25, -0.2) is 16.8 Å². The molecule has 0 aliphatic carbocycles. The number of hydrogen-bond donors (Lipinski definition) is 0. The molecule has 0 spiro atoms. The van der Waals surface area contributed by atoms with Crippen molar-refractivity contribution in [2.75, 3.05) is 0 Å². The molecule has 0 bridgehead atoms. The van der Waals surface area contributed by atoms with Crippen LogP contribution in [0.5, 0.6) is 0 Å². The molecule has 0 aliphatic rings. The van der Waals surface area contributed by atoms with Gasteiger partial charge in [0.1, 0.15) is 20.2 Å². The molecule has 0 aromatic heterocycles. The van der Waals surface area contributed by atoms with Gasteiger partial charge in [-0.3, -0.25) is 0 Å². The minimum absolute atomic E-state index is 0. The van der Waals surface area contributed by atoms with Crippen molar-refractivity contribution in [2.24, 2.45) is 0 Å². The Kier molecular flexibility index (Phi) is 31.8. The second-order valence-corrected chi connectivity index (χ2v) is 21.4. The number of hydrogen-bond acceptors (Lipinski definition) is 6. The largest absolute Gasteiger partial charge is 2.00 e. The van der Waals surface area contributed by atoms with E-state index in [9.17, 15) is 25.9 Å². The molecule has 0 amide bonds. The minimum atomic E-state index is -4.47. The fourth-order valence-electron chi connectivity index (χ4n) is 9.03. The predicted octanol–water partition coefficient (Wildman–Crippen LogP) is 16.3. The van der Waals surface area contributed by atoms with E-state index in [1.165, 1.54) is 152 Å². The molecule has 0 saturated heterocycles. The first kappa shape index (κ1) is 59.6. The van der Waals surface area contributed by atoms with E-state index < -0.39 is 20.2 Å². The summed E-state index contributed by atoms with van der Waals surface area (Å²) in [5.74, 6) is 0. The molecular formula is C56H86CaO6S2. The summed E-state index contributed by atoms with van der Waals surface area (Å²) >= 11 is 0. The third-order valence-electron chi connectivity index (χ3n) is 12.9. The summed E-state index contributed by atoms with van der Waals surface area (Å²) in [4.78, 5) is -0.0480. The van der Waals surface area contributed by atoms with Gasteiger partial charge in [-0.2, -0.15) is 0 Å². The Morgan fingerprint density at radius 3 is 0.862 bits per heavy atom. The van der Waals surface area contributed by atoms with Crippen LogP contribution in [0.4, 0.5) is 0 Å². The predicted molar refractivity (Wildman–Crippen MR) is 276 cm³/mol. The molecule has 4 rings (SSSR count). The molecule has 4 aromatic rings. The van der Waals surface area contributed by atoms with E-state index in [4.69, 9.17) is 0 Å². The Bertz CT molecular complexity index is 1960. The molecule has 4 aromatic carbocycles. The first-order valence-corrected chi connectivity index (χ1v) is 28.8. The summed E-state index contributed by atoms with van der Waals surface area (Å²) < 4.78 is 71.7. The van der Waals surface area contributed by atoms with Gasteiger partial charge in [-0.05, 0) is 119 Å². The molecule has 0 unspecified atom stereocenters. The van der Waals surface area contributed by atoms with Gasteiger partial charge in [0, 0.05) is 0 Å². The van der Waals surface area contributed by atoms with Gasteiger partial charge in [-0.1, -0.05) is 218 Å². The summed E-state index contributed by atoms with van der Waals surface area (Å²) in [6, 6.07) is 19.7. The molecule has 0 N–H and O–H groups in total. The first-order chi connectivity index (χ1) is 30.9. The Labute approximate surface area is 427 Å². The molecule has 65 heavy (non-hydrogen) atoms. The Hall–Kier alpha value is -1.52. The summed E-state index contributed by atoms with van der Waals surface area (Å²) in [7, 11) is -8.95. The molecule has 9 heteroatoms. The summed E-state index contributed by atoms with van der Waals surface area (Å²) in [6.45, 7) is 8.90. The third kappa shape index (κ3) is 24.6. The third-order valence-corrected chi connectivity index (χ3v) is 14.8. The van der Waals surface area contributed by atoms with Crippen molar-refractivity contribution < 1.29 is 25.9 Å². The SMILES string of the molecule is CCCCCCCCCc1ccc2cc(CCCCCCCCC)c(S(=O)(=O)[O-])cc2c1.CCCCCCCCCc1ccc2cc(CCCCCCCCC)c(S(=O)(=O)[O-])cc2c1.[Ca+2]. The van der Waals surface area contributed by atoms with E-state index >= 15 is 0 Å². The second-order valence-electron chi connectivity index (χ2n) is 18.7. The van der Waals surface area contributed by atoms with Gasteiger partial charge in [0.05, 0.1) is 9.79 Å². The van der Waals surface area contributed by atoms with E-state index in [0.29, 0.717) is 24.0 Å². The van der Waals surface area contributed by atoms with Crippen LogP contribution in [0.2, 0.25) is 0 Å². The van der Waals surface area contributed by atoms with Crippen LogP contribution in [0.15, 0.2) is 70.5 Å². The van der Waals surface area contributed by atoms with Crippen molar-refractivity contribution in [3.05, 3.63) is 82.9 Å². The number of unbranched alkanes of at least 4 members (excludes halogenated alkanes) is 24. The van der Waals surface area contributed by atoms with Gasteiger partial charge < -0.3 is 9.11 Å². The van der Waals surface area contributed by atoms with Gasteiger partial charge in [0.15, 0.2) is 0 Å². The number of fused-ring (bicyclic) bond motifs is 2. The molecule has 0 saturated carbocycles. The number of rotatable bonds is 34. The number of aryl methyl sites for hydroxylation is 4. The maximum Gasteiger partial charge on any atom is 2.00 e.